The van der Waals surface area contributed by atoms with E-state index in [1.807, 2.05) is 0 Å². The smallest absolute Gasteiger partial charge is 0.462 e. The highest BCUT2D eigenvalue weighted by molar-refractivity contribution is 7.47. The van der Waals surface area contributed by atoms with Gasteiger partial charge in [0.1, 0.15) is 19.3 Å². The molecule has 3 N–H and O–H groups in total. The van der Waals surface area contributed by atoms with Crippen molar-refractivity contribution in [2.45, 2.75) is 464 Å². The van der Waals surface area contributed by atoms with Crippen LogP contribution >= 0.6 is 15.6 Å². The first-order chi connectivity index (χ1) is 49.9. The van der Waals surface area contributed by atoms with Crippen LogP contribution in [0.2, 0.25) is 0 Å². The second-order valence-electron chi connectivity index (χ2n) is 31.2. The molecule has 0 aliphatic carbocycles. The van der Waals surface area contributed by atoms with Crippen molar-refractivity contribution >= 4 is 39.5 Å². The highest BCUT2D eigenvalue weighted by Crippen LogP contribution is 2.45. The van der Waals surface area contributed by atoms with E-state index in [1.165, 1.54) is 263 Å². The summed E-state index contributed by atoms with van der Waals surface area (Å²) in [5.74, 6) is -0.568. The molecule has 0 fully saturated rings. The molecule has 0 spiro atoms. The summed E-state index contributed by atoms with van der Waals surface area (Å²) in [5.41, 5.74) is 0. The minimum atomic E-state index is -4.96. The standard InChI is InChI=1S/C84H164O17P2/c1-7-9-11-13-15-17-19-21-22-23-24-25-26-27-28-29-31-37-44-50-56-62-68-83(88)100-79(73-95-82(87)67-61-55-49-43-38-32-34-40-46-52-58-64-76(3)4)74-98-102(90,91)96-70-78(85)71-97-103(92,93)99-75-80(72-94-81(86)66-60-54-48-42-36-30-20-18-16-14-12-10-8-2)101-84(89)69-63-57-51-45-39-33-35-41-47-53-59-65-77(5)6/h76-80,85H,7-75H2,1-6H3,(H,90,91)(H,92,93)/t78-,79-,80-/m1/s1. The van der Waals surface area contributed by atoms with Crippen LogP contribution in [-0.4, -0.2) is 96.7 Å². The molecule has 0 amide bonds. The molecule has 0 radical (unpaired) electrons. The summed E-state index contributed by atoms with van der Waals surface area (Å²) in [6, 6.07) is 0. The first-order valence-corrected chi connectivity index (χ1v) is 46.5. The number of esters is 4. The zero-order chi connectivity index (χ0) is 75.6. The molecule has 19 heteroatoms. The quantitative estimate of drug-likeness (QED) is 0.0222. The molecular formula is C84H164O17P2. The van der Waals surface area contributed by atoms with Crippen molar-refractivity contribution in [2.24, 2.45) is 11.8 Å². The second kappa shape index (κ2) is 75.5. The SMILES string of the molecule is CCCCCCCCCCCCCCCCCCCCCCCCC(=O)O[C@H](COC(=O)CCCCCCCCCCCCCC(C)C)COP(=O)(O)OC[C@@H](O)COP(=O)(O)OC[C@@H](COC(=O)CCCCCCCCCCCCCCC)OC(=O)CCCCCCCCCCCCCC(C)C. The van der Waals surface area contributed by atoms with Gasteiger partial charge < -0.3 is 33.8 Å². The predicted octanol–water partition coefficient (Wildman–Crippen LogP) is 25.5. The fourth-order valence-corrected chi connectivity index (χ4v) is 14.6. The molecular weight excluding hydrogens is 1340 g/mol. The number of carbonyl (C=O) groups is 4. The summed E-state index contributed by atoms with van der Waals surface area (Å²) >= 11 is 0. The summed E-state index contributed by atoms with van der Waals surface area (Å²) in [6.07, 6.45) is 66.6. The molecule has 103 heavy (non-hydrogen) atoms. The molecule has 0 saturated heterocycles. The van der Waals surface area contributed by atoms with Gasteiger partial charge in [0.25, 0.3) is 0 Å². The third kappa shape index (κ3) is 78.0. The Labute approximate surface area is 632 Å². The Morgan fingerprint density at radius 2 is 0.447 bits per heavy atom. The molecule has 0 aromatic heterocycles. The molecule has 0 rings (SSSR count). The third-order valence-corrected chi connectivity index (χ3v) is 21.6. The molecule has 0 aromatic carbocycles. The van der Waals surface area contributed by atoms with Gasteiger partial charge in [-0.15, -0.1) is 0 Å². The first-order valence-electron chi connectivity index (χ1n) is 43.5. The summed E-state index contributed by atoms with van der Waals surface area (Å²) in [5, 5.41) is 10.7. The van der Waals surface area contributed by atoms with Gasteiger partial charge in [-0.1, -0.05) is 395 Å². The van der Waals surface area contributed by atoms with Gasteiger partial charge in [0.05, 0.1) is 26.4 Å². The van der Waals surface area contributed by atoms with Crippen molar-refractivity contribution in [3.8, 4) is 0 Å². The van der Waals surface area contributed by atoms with Crippen LogP contribution in [-0.2, 0) is 65.4 Å². The number of phosphoric acid groups is 2. The lowest BCUT2D eigenvalue weighted by atomic mass is 10.0. The lowest BCUT2D eigenvalue weighted by Gasteiger charge is -2.21. The Hall–Kier alpha value is -1.94. The zero-order valence-corrected chi connectivity index (χ0v) is 69.4. The van der Waals surface area contributed by atoms with Crippen LogP contribution in [0.25, 0.3) is 0 Å². The first kappa shape index (κ1) is 101. The number of aliphatic hydroxyl groups is 1. The van der Waals surface area contributed by atoms with Crippen LogP contribution in [0.15, 0.2) is 0 Å². The predicted molar refractivity (Wildman–Crippen MR) is 423 cm³/mol. The Balaban J connectivity index is 5.23. The number of unbranched alkanes of at least 4 members (excludes halogenated alkanes) is 53. The molecule has 0 saturated carbocycles. The van der Waals surface area contributed by atoms with E-state index < -0.39 is 97.5 Å². The van der Waals surface area contributed by atoms with Crippen molar-refractivity contribution in [3.05, 3.63) is 0 Å². The number of phosphoric ester groups is 2. The average Bonchev–Trinajstić information content (AvgIpc) is 0.909. The molecule has 0 aliphatic rings. The topological polar surface area (TPSA) is 237 Å². The molecule has 17 nitrogen and oxygen atoms in total. The molecule has 5 atom stereocenters. The fraction of sp³-hybridized carbons (Fsp3) is 0.952. The van der Waals surface area contributed by atoms with E-state index >= 15 is 0 Å². The van der Waals surface area contributed by atoms with Crippen LogP contribution in [0.3, 0.4) is 0 Å². The lowest BCUT2D eigenvalue weighted by Crippen LogP contribution is -2.30. The highest BCUT2D eigenvalue weighted by atomic mass is 31.2. The Kier molecular flexibility index (Phi) is 74.1. The number of hydrogen-bond donors (Lipinski definition) is 3. The maximum atomic E-state index is 13.1. The highest BCUT2D eigenvalue weighted by Gasteiger charge is 2.30. The summed E-state index contributed by atoms with van der Waals surface area (Å²) < 4.78 is 68.8. The normalized spacial score (nSPS) is 13.9. The van der Waals surface area contributed by atoms with Crippen molar-refractivity contribution < 1.29 is 80.2 Å². The monoisotopic (exact) mass is 1510 g/mol. The van der Waals surface area contributed by atoms with Gasteiger partial charge >= 0.3 is 39.5 Å². The summed E-state index contributed by atoms with van der Waals surface area (Å²) in [4.78, 5) is 73.2. The Morgan fingerprint density at radius 1 is 0.262 bits per heavy atom. The number of carbonyl (C=O) groups excluding carboxylic acids is 4. The largest absolute Gasteiger partial charge is 0.472 e. The van der Waals surface area contributed by atoms with Gasteiger partial charge in [-0.05, 0) is 37.5 Å². The van der Waals surface area contributed by atoms with Crippen molar-refractivity contribution in [1.82, 2.24) is 0 Å². The van der Waals surface area contributed by atoms with Gasteiger partial charge in [-0.3, -0.25) is 37.3 Å². The van der Waals surface area contributed by atoms with E-state index in [-0.39, 0.29) is 25.7 Å². The van der Waals surface area contributed by atoms with E-state index in [2.05, 4.69) is 41.5 Å². The van der Waals surface area contributed by atoms with E-state index in [4.69, 9.17) is 37.0 Å². The number of ether oxygens (including phenoxy) is 4. The average molecular weight is 1510 g/mol. The summed E-state index contributed by atoms with van der Waals surface area (Å²) in [6.45, 7) is 9.66. The molecule has 0 heterocycles. The van der Waals surface area contributed by atoms with Crippen molar-refractivity contribution in [3.63, 3.8) is 0 Å². The van der Waals surface area contributed by atoms with Gasteiger partial charge in [0, 0.05) is 25.7 Å². The van der Waals surface area contributed by atoms with Crippen LogP contribution in [0.5, 0.6) is 0 Å². The van der Waals surface area contributed by atoms with Crippen LogP contribution in [0.4, 0.5) is 0 Å². The minimum Gasteiger partial charge on any atom is -0.462 e. The zero-order valence-electron chi connectivity index (χ0n) is 67.6. The summed E-state index contributed by atoms with van der Waals surface area (Å²) in [7, 11) is -9.92. The second-order valence-corrected chi connectivity index (χ2v) is 34.1. The van der Waals surface area contributed by atoms with Crippen LogP contribution < -0.4 is 0 Å². The molecule has 0 bridgehead atoms. The third-order valence-electron chi connectivity index (χ3n) is 19.7. The Bertz CT molecular complexity index is 1980. The lowest BCUT2D eigenvalue weighted by molar-refractivity contribution is -0.161. The number of aliphatic hydroxyl groups excluding tert-OH is 1. The van der Waals surface area contributed by atoms with E-state index in [1.54, 1.807) is 0 Å². The van der Waals surface area contributed by atoms with Crippen LogP contribution in [0, 0.1) is 11.8 Å². The van der Waals surface area contributed by atoms with Gasteiger partial charge in [-0.25, -0.2) is 9.13 Å². The molecule has 0 aromatic rings. The van der Waals surface area contributed by atoms with Gasteiger partial charge in [0.2, 0.25) is 0 Å². The Morgan fingerprint density at radius 3 is 0.660 bits per heavy atom. The number of rotatable bonds is 83. The van der Waals surface area contributed by atoms with Gasteiger partial charge in [0.15, 0.2) is 12.2 Å². The van der Waals surface area contributed by atoms with Crippen molar-refractivity contribution in [2.75, 3.05) is 39.6 Å². The minimum absolute atomic E-state index is 0.107. The molecule has 612 valence electrons. The van der Waals surface area contributed by atoms with E-state index in [9.17, 15) is 43.2 Å². The fourth-order valence-electron chi connectivity index (χ4n) is 13.1. The van der Waals surface area contributed by atoms with Crippen molar-refractivity contribution in [1.29, 1.82) is 0 Å². The van der Waals surface area contributed by atoms with E-state index in [0.717, 1.165) is 102 Å². The van der Waals surface area contributed by atoms with Crippen LogP contribution in [0.1, 0.15) is 446 Å². The van der Waals surface area contributed by atoms with E-state index in [0.29, 0.717) is 25.7 Å². The number of hydrogen-bond acceptors (Lipinski definition) is 15. The molecule has 2 unspecified atom stereocenters. The molecule has 0 aliphatic heterocycles. The maximum Gasteiger partial charge on any atom is 0.472 e. The maximum absolute atomic E-state index is 13.1. The van der Waals surface area contributed by atoms with Gasteiger partial charge in [-0.2, -0.15) is 0 Å².